The Bertz CT molecular complexity index is 751. The van der Waals surface area contributed by atoms with Crippen molar-refractivity contribution in [3.63, 3.8) is 0 Å². The first kappa shape index (κ1) is 17.1. The van der Waals surface area contributed by atoms with E-state index in [1.807, 2.05) is 0 Å². The third-order valence-electron chi connectivity index (χ3n) is 2.86. The second-order valence-corrected chi connectivity index (χ2v) is 5.93. The van der Waals surface area contributed by atoms with E-state index in [0.717, 1.165) is 0 Å². The molecule has 1 aromatic carbocycles. The molecule has 0 bridgehead atoms. The van der Waals surface area contributed by atoms with E-state index in [9.17, 15) is 26.4 Å². The van der Waals surface area contributed by atoms with Gasteiger partial charge in [-0.15, -0.1) is 0 Å². The largest absolute Gasteiger partial charge is 0.534 e. The Morgan fingerprint density at radius 1 is 1.30 bits per heavy atom. The van der Waals surface area contributed by atoms with Gasteiger partial charge in [0.25, 0.3) is 0 Å². The molecule has 0 fully saturated rings. The molecule has 0 atom stereocenters. The van der Waals surface area contributed by atoms with Gasteiger partial charge >= 0.3 is 21.6 Å². The summed E-state index contributed by atoms with van der Waals surface area (Å²) in [7, 11) is -4.64. The highest BCUT2D eigenvalue weighted by Gasteiger charge is 2.49. The molecule has 0 N–H and O–H groups in total. The number of ether oxygens (including phenoxy) is 2. The predicted molar refractivity (Wildman–Crippen MR) is 71.9 cm³/mol. The van der Waals surface area contributed by atoms with Crippen molar-refractivity contribution in [1.29, 1.82) is 0 Å². The highest BCUT2D eigenvalue weighted by atomic mass is 32.2. The van der Waals surface area contributed by atoms with Gasteiger partial charge in [-0.05, 0) is 24.3 Å². The first-order valence-corrected chi connectivity index (χ1v) is 7.63. The number of carbonyl (C=O) groups excluding carboxylic acids is 1. The fourth-order valence-electron chi connectivity index (χ4n) is 1.80. The van der Waals surface area contributed by atoms with Crippen LogP contribution in [0.25, 0.3) is 5.76 Å². The number of halogens is 3. The van der Waals surface area contributed by atoms with Gasteiger partial charge in [0.2, 0.25) is 0 Å². The Labute approximate surface area is 129 Å². The Balaban J connectivity index is 2.42. The number of rotatable bonds is 3. The number of fused-ring (bicyclic) bond motifs is 1. The molecule has 0 spiro atoms. The van der Waals surface area contributed by atoms with E-state index < -0.39 is 27.4 Å². The summed E-state index contributed by atoms with van der Waals surface area (Å²) >= 11 is 0. The van der Waals surface area contributed by atoms with Crippen LogP contribution in [0.5, 0.6) is 5.75 Å². The number of hydrogen-bond donors (Lipinski definition) is 0. The third kappa shape index (κ3) is 3.58. The minimum absolute atomic E-state index is 0.0111. The van der Waals surface area contributed by atoms with Gasteiger partial charge in [-0.2, -0.15) is 21.6 Å². The molecule has 0 saturated carbocycles. The van der Waals surface area contributed by atoms with Gasteiger partial charge in [-0.25, -0.2) is 4.79 Å². The van der Waals surface area contributed by atoms with E-state index in [1.54, 1.807) is 0 Å². The molecule has 1 aliphatic rings. The summed E-state index contributed by atoms with van der Waals surface area (Å²) in [6.07, 6.45) is 1.30. The minimum Gasteiger partial charge on any atom is -0.492 e. The number of esters is 1. The lowest BCUT2D eigenvalue weighted by molar-refractivity contribution is -0.0509. The van der Waals surface area contributed by atoms with Gasteiger partial charge in [-0.1, -0.05) is 0 Å². The molecular formula is C13H11F3O6S. The van der Waals surface area contributed by atoms with Crippen LogP contribution in [0.1, 0.15) is 22.3 Å². The van der Waals surface area contributed by atoms with Crippen molar-refractivity contribution in [2.45, 2.75) is 11.9 Å². The topological polar surface area (TPSA) is 78.9 Å². The second-order valence-electron chi connectivity index (χ2n) is 4.39. The molecule has 0 saturated heterocycles. The third-order valence-corrected chi connectivity index (χ3v) is 3.82. The zero-order chi connectivity index (χ0) is 17.3. The predicted octanol–water partition coefficient (Wildman–Crippen LogP) is 2.46. The highest BCUT2D eigenvalue weighted by Crippen LogP contribution is 2.35. The zero-order valence-corrected chi connectivity index (χ0v) is 12.5. The zero-order valence-electron chi connectivity index (χ0n) is 11.7. The Hall–Kier alpha value is -2.23. The van der Waals surface area contributed by atoms with Crippen molar-refractivity contribution in [3.8, 4) is 5.75 Å². The molecule has 1 aromatic rings. The standard InChI is InChI=1S/C13H11F3O6S/c1-20-12(17)8-4-5-9-10(3-2-6-21-11(9)7-8)22-23(18,19)13(14,15)16/h3-5,7H,2,6H2,1H3. The number of benzene rings is 1. The normalized spacial score (nSPS) is 14.9. The molecule has 10 heteroatoms. The monoisotopic (exact) mass is 352 g/mol. The molecule has 2 rings (SSSR count). The lowest BCUT2D eigenvalue weighted by Crippen LogP contribution is -2.25. The summed E-state index contributed by atoms with van der Waals surface area (Å²) in [4.78, 5) is 11.5. The molecular weight excluding hydrogens is 341 g/mol. The molecule has 1 aliphatic heterocycles. The highest BCUT2D eigenvalue weighted by molar-refractivity contribution is 7.87. The quantitative estimate of drug-likeness (QED) is 0.472. The Morgan fingerprint density at radius 3 is 2.61 bits per heavy atom. The van der Waals surface area contributed by atoms with Crippen LogP contribution < -0.4 is 4.74 Å². The van der Waals surface area contributed by atoms with Crippen LogP contribution in [-0.4, -0.2) is 33.6 Å². The van der Waals surface area contributed by atoms with Gasteiger partial charge in [0.05, 0.1) is 24.8 Å². The van der Waals surface area contributed by atoms with E-state index in [2.05, 4.69) is 8.92 Å². The van der Waals surface area contributed by atoms with Gasteiger partial charge in [0.15, 0.2) is 0 Å². The maximum absolute atomic E-state index is 12.4. The smallest absolute Gasteiger partial charge is 0.492 e. The first-order chi connectivity index (χ1) is 10.7. The first-order valence-electron chi connectivity index (χ1n) is 6.22. The van der Waals surface area contributed by atoms with E-state index in [1.165, 1.54) is 31.4 Å². The molecule has 126 valence electrons. The maximum Gasteiger partial charge on any atom is 0.534 e. The van der Waals surface area contributed by atoms with Crippen molar-refractivity contribution < 1.29 is 40.0 Å². The second kappa shape index (κ2) is 6.11. The molecule has 0 unspecified atom stereocenters. The maximum atomic E-state index is 12.4. The van der Waals surface area contributed by atoms with Gasteiger partial charge < -0.3 is 13.7 Å². The van der Waals surface area contributed by atoms with Crippen LogP contribution in [0.3, 0.4) is 0 Å². The SMILES string of the molecule is COC(=O)c1ccc2c(c1)OCCC=C2OS(=O)(=O)C(F)(F)F. The van der Waals surface area contributed by atoms with Crippen molar-refractivity contribution >= 4 is 21.8 Å². The van der Waals surface area contributed by atoms with Crippen molar-refractivity contribution in [2.24, 2.45) is 0 Å². The fourth-order valence-corrected chi connectivity index (χ4v) is 2.29. The van der Waals surface area contributed by atoms with Gasteiger partial charge in [-0.3, -0.25) is 0 Å². The van der Waals surface area contributed by atoms with Gasteiger partial charge in [0.1, 0.15) is 11.5 Å². The van der Waals surface area contributed by atoms with E-state index in [0.29, 0.717) is 0 Å². The summed E-state index contributed by atoms with van der Waals surface area (Å²) in [6.45, 7) is 0.0799. The number of alkyl halides is 3. The Morgan fingerprint density at radius 2 is 2.00 bits per heavy atom. The molecule has 1 heterocycles. The molecule has 0 amide bonds. The van der Waals surface area contributed by atoms with E-state index in [4.69, 9.17) is 4.74 Å². The molecule has 6 nitrogen and oxygen atoms in total. The minimum atomic E-state index is -5.80. The summed E-state index contributed by atoms with van der Waals surface area (Å²) in [5.41, 5.74) is -5.46. The summed E-state index contributed by atoms with van der Waals surface area (Å²) in [5.74, 6) is -1.16. The number of methoxy groups -OCH3 is 1. The number of carbonyl (C=O) groups is 1. The van der Waals surface area contributed by atoms with Crippen LogP contribution in [0.4, 0.5) is 13.2 Å². The van der Waals surface area contributed by atoms with Gasteiger partial charge in [0, 0.05) is 6.42 Å². The summed E-state index contributed by atoms with van der Waals surface area (Å²) in [6, 6.07) is 3.73. The lowest BCUT2D eigenvalue weighted by Gasteiger charge is -2.14. The van der Waals surface area contributed by atoms with Crippen LogP contribution >= 0.6 is 0 Å². The van der Waals surface area contributed by atoms with Crippen molar-refractivity contribution in [1.82, 2.24) is 0 Å². The van der Waals surface area contributed by atoms with E-state index >= 15 is 0 Å². The molecule has 0 aliphatic carbocycles. The molecule has 0 radical (unpaired) electrons. The fraction of sp³-hybridized carbons (Fsp3) is 0.308. The van der Waals surface area contributed by atoms with E-state index in [-0.39, 0.29) is 29.9 Å². The molecule has 23 heavy (non-hydrogen) atoms. The van der Waals surface area contributed by atoms with Crippen LogP contribution in [0, 0.1) is 0 Å². The van der Waals surface area contributed by atoms with Crippen molar-refractivity contribution in [3.05, 3.63) is 35.4 Å². The van der Waals surface area contributed by atoms with Crippen LogP contribution in [0.15, 0.2) is 24.3 Å². The average Bonchev–Trinajstić information content (AvgIpc) is 2.67. The average molecular weight is 352 g/mol. The van der Waals surface area contributed by atoms with Crippen molar-refractivity contribution in [2.75, 3.05) is 13.7 Å². The summed E-state index contributed by atoms with van der Waals surface area (Å²) in [5, 5.41) is 0. The molecule has 0 aromatic heterocycles. The lowest BCUT2D eigenvalue weighted by atomic mass is 10.1. The number of hydrogen-bond acceptors (Lipinski definition) is 6. The Kier molecular flexibility index (Phi) is 4.55. The van der Waals surface area contributed by atoms with Crippen LogP contribution in [-0.2, 0) is 19.0 Å². The summed E-state index contributed by atoms with van der Waals surface area (Å²) < 4.78 is 73.7. The van der Waals surface area contributed by atoms with Crippen LogP contribution in [0.2, 0.25) is 0 Å².